The summed E-state index contributed by atoms with van der Waals surface area (Å²) < 4.78 is 0. The molecule has 0 saturated heterocycles. The molecule has 0 aliphatic heterocycles. The Balaban J connectivity index is 2.00. The summed E-state index contributed by atoms with van der Waals surface area (Å²) in [5.41, 5.74) is 7.48. The molecule has 26 heavy (non-hydrogen) atoms. The normalized spacial score (nSPS) is 13.4. The summed E-state index contributed by atoms with van der Waals surface area (Å²) in [4.78, 5) is 11.5. The van der Waals surface area contributed by atoms with Crippen molar-refractivity contribution in [1.82, 2.24) is 15.0 Å². The fraction of sp³-hybridized carbons (Fsp3) is 0.0870. The number of hydrogen-bond acceptors (Lipinski definition) is 1. The molecule has 2 aromatic carbocycles. The van der Waals surface area contributed by atoms with E-state index in [4.69, 9.17) is 0 Å². The molecule has 0 bridgehead atoms. The van der Waals surface area contributed by atoms with Crippen molar-refractivity contribution >= 4 is 45.9 Å². The van der Waals surface area contributed by atoms with Gasteiger partial charge < -0.3 is 9.97 Å². The van der Waals surface area contributed by atoms with E-state index >= 15 is 0 Å². The van der Waals surface area contributed by atoms with Crippen molar-refractivity contribution < 1.29 is 0 Å². The Bertz CT molecular complexity index is 1470. The van der Waals surface area contributed by atoms with Gasteiger partial charge in [0.15, 0.2) is 0 Å². The molecule has 6 rings (SSSR count). The number of aromatic nitrogens is 3. The van der Waals surface area contributed by atoms with Gasteiger partial charge in [-0.05, 0) is 41.7 Å². The van der Waals surface area contributed by atoms with Crippen LogP contribution in [0.15, 0.2) is 42.6 Å². The lowest BCUT2D eigenvalue weighted by molar-refractivity contribution is 0.952. The van der Waals surface area contributed by atoms with Gasteiger partial charge in [0.2, 0.25) is 0 Å². The standard InChI is InChI=1S/C23H17N3/c1-12-18-16-10-9-14-6-3-4-7-15(14)20(16)22-21(19(18)13(2)25-12)17-8-5-11-24-23(17)26-22/h3-8,11,25H,1-2,9-10H2,(H,24,26). The second-order valence-corrected chi connectivity index (χ2v) is 7.12. The summed E-state index contributed by atoms with van der Waals surface area (Å²) >= 11 is 0. The van der Waals surface area contributed by atoms with Crippen LogP contribution in [0.4, 0.5) is 0 Å². The van der Waals surface area contributed by atoms with Crippen molar-refractivity contribution in [3.63, 3.8) is 0 Å². The molecule has 124 valence electrons. The Morgan fingerprint density at radius 3 is 2.62 bits per heavy atom. The van der Waals surface area contributed by atoms with Gasteiger partial charge in [-0.25, -0.2) is 4.98 Å². The van der Waals surface area contributed by atoms with Crippen molar-refractivity contribution in [2.24, 2.45) is 0 Å². The Morgan fingerprint density at radius 2 is 1.69 bits per heavy atom. The molecule has 0 radical (unpaired) electrons. The summed E-state index contributed by atoms with van der Waals surface area (Å²) in [6.07, 6.45) is 3.91. The number of hydrogen-bond donors (Lipinski definition) is 2. The van der Waals surface area contributed by atoms with Crippen molar-refractivity contribution in [2.45, 2.75) is 12.8 Å². The molecule has 3 nitrogen and oxygen atoms in total. The first-order chi connectivity index (χ1) is 12.7. The van der Waals surface area contributed by atoms with Crippen LogP contribution in [-0.2, 0) is 12.8 Å². The summed E-state index contributed by atoms with van der Waals surface area (Å²) in [6.45, 7) is 8.55. The van der Waals surface area contributed by atoms with Gasteiger partial charge in [0, 0.05) is 44.0 Å². The van der Waals surface area contributed by atoms with Crippen LogP contribution in [0.3, 0.4) is 0 Å². The minimum absolute atomic E-state index is 0.923. The van der Waals surface area contributed by atoms with E-state index in [9.17, 15) is 0 Å². The van der Waals surface area contributed by atoms with Crippen LogP contribution in [-0.4, -0.2) is 15.0 Å². The van der Waals surface area contributed by atoms with Crippen molar-refractivity contribution in [2.75, 3.05) is 0 Å². The predicted molar refractivity (Wildman–Crippen MR) is 109 cm³/mol. The molecule has 0 amide bonds. The molecule has 0 saturated carbocycles. The van der Waals surface area contributed by atoms with E-state index in [1.54, 1.807) is 0 Å². The maximum Gasteiger partial charge on any atom is 0.138 e. The zero-order valence-electron chi connectivity index (χ0n) is 14.3. The van der Waals surface area contributed by atoms with Crippen LogP contribution in [0.2, 0.25) is 0 Å². The number of rotatable bonds is 0. The zero-order chi connectivity index (χ0) is 17.4. The summed E-state index contributed by atoms with van der Waals surface area (Å²) in [7, 11) is 0. The monoisotopic (exact) mass is 335 g/mol. The second-order valence-electron chi connectivity index (χ2n) is 7.12. The first kappa shape index (κ1) is 13.9. The number of pyridine rings is 1. The third kappa shape index (κ3) is 1.56. The summed E-state index contributed by atoms with van der Waals surface area (Å²) in [5.74, 6) is 0. The molecular formula is C23H17N3. The smallest absolute Gasteiger partial charge is 0.138 e. The second kappa shape index (κ2) is 4.64. The van der Waals surface area contributed by atoms with E-state index < -0.39 is 0 Å². The third-order valence-corrected chi connectivity index (χ3v) is 5.76. The number of fused-ring (bicyclic) bond motifs is 10. The fourth-order valence-electron chi connectivity index (χ4n) is 4.75. The highest BCUT2D eigenvalue weighted by Crippen LogP contribution is 2.43. The van der Waals surface area contributed by atoms with Gasteiger partial charge in [0.25, 0.3) is 0 Å². The topological polar surface area (TPSA) is 44.5 Å². The van der Waals surface area contributed by atoms with Crippen LogP contribution in [0.1, 0.15) is 11.1 Å². The van der Waals surface area contributed by atoms with Crippen LogP contribution in [0.25, 0.3) is 57.0 Å². The SMILES string of the molecule is C=c1[nH]c(=C)c2c1c1c(c3[nH]c4ncccc4c32)-c2ccccc2CC1. The van der Waals surface area contributed by atoms with E-state index in [1.807, 2.05) is 12.3 Å². The van der Waals surface area contributed by atoms with E-state index in [2.05, 4.69) is 58.4 Å². The van der Waals surface area contributed by atoms with Crippen LogP contribution in [0, 0.1) is 0 Å². The molecule has 3 heterocycles. The highest BCUT2D eigenvalue weighted by atomic mass is 14.9. The highest BCUT2D eigenvalue weighted by Gasteiger charge is 2.25. The fourth-order valence-corrected chi connectivity index (χ4v) is 4.75. The Labute approximate surface area is 149 Å². The molecule has 3 heteroatoms. The molecule has 5 aromatic rings. The number of aromatic amines is 2. The molecule has 0 fully saturated rings. The number of nitrogens with one attached hydrogen (secondary N) is 2. The summed E-state index contributed by atoms with van der Waals surface area (Å²) in [5, 5.41) is 6.65. The van der Waals surface area contributed by atoms with Gasteiger partial charge in [0.1, 0.15) is 5.65 Å². The summed E-state index contributed by atoms with van der Waals surface area (Å²) in [6, 6.07) is 12.9. The van der Waals surface area contributed by atoms with E-state index in [1.165, 1.54) is 38.4 Å². The van der Waals surface area contributed by atoms with Gasteiger partial charge >= 0.3 is 0 Å². The quantitative estimate of drug-likeness (QED) is 0.444. The van der Waals surface area contributed by atoms with Gasteiger partial charge in [-0.15, -0.1) is 0 Å². The lowest BCUT2D eigenvalue weighted by atomic mass is 9.82. The third-order valence-electron chi connectivity index (χ3n) is 5.76. The Kier molecular flexibility index (Phi) is 2.48. The van der Waals surface area contributed by atoms with E-state index in [0.717, 1.165) is 40.1 Å². The van der Waals surface area contributed by atoms with Gasteiger partial charge in [-0.3, -0.25) is 0 Å². The van der Waals surface area contributed by atoms with Gasteiger partial charge in [-0.1, -0.05) is 37.4 Å². The van der Waals surface area contributed by atoms with Crippen LogP contribution >= 0.6 is 0 Å². The molecule has 1 aliphatic carbocycles. The number of nitrogens with zero attached hydrogens (tertiary/aromatic N) is 1. The highest BCUT2D eigenvalue weighted by molar-refractivity contribution is 6.25. The minimum Gasteiger partial charge on any atom is -0.355 e. The molecular weight excluding hydrogens is 318 g/mol. The predicted octanol–water partition coefficient (Wildman–Crippen LogP) is 3.78. The van der Waals surface area contributed by atoms with E-state index in [0.29, 0.717) is 0 Å². The molecule has 0 unspecified atom stereocenters. The molecule has 0 spiro atoms. The average Bonchev–Trinajstić information content (AvgIpc) is 3.18. The largest absolute Gasteiger partial charge is 0.355 e. The molecule has 1 aliphatic rings. The Hall–Kier alpha value is -3.33. The van der Waals surface area contributed by atoms with Crippen LogP contribution < -0.4 is 10.7 Å². The first-order valence-corrected chi connectivity index (χ1v) is 8.93. The molecule has 3 aromatic heterocycles. The van der Waals surface area contributed by atoms with Gasteiger partial charge in [-0.2, -0.15) is 0 Å². The Morgan fingerprint density at radius 1 is 0.846 bits per heavy atom. The van der Waals surface area contributed by atoms with Crippen molar-refractivity contribution in [3.05, 3.63) is 64.4 Å². The zero-order valence-corrected chi connectivity index (χ0v) is 14.3. The maximum absolute atomic E-state index is 4.56. The first-order valence-electron chi connectivity index (χ1n) is 8.93. The van der Waals surface area contributed by atoms with Crippen molar-refractivity contribution in [1.29, 1.82) is 0 Å². The maximum atomic E-state index is 4.56. The van der Waals surface area contributed by atoms with Gasteiger partial charge in [0.05, 0.1) is 5.52 Å². The minimum atomic E-state index is 0.923. The molecule has 2 N–H and O–H groups in total. The van der Waals surface area contributed by atoms with E-state index in [-0.39, 0.29) is 0 Å². The number of benzene rings is 2. The lowest BCUT2D eigenvalue weighted by Gasteiger charge is -2.22. The van der Waals surface area contributed by atoms with Crippen molar-refractivity contribution in [3.8, 4) is 11.1 Å². The molecule has 0 atom stereocenters. The number of H-pyrrole nitrogens is 2. The van der Waals surface area contributed by atoms with Crippen LogP contribution in [0.5, 0.6) is 0 Å². The lowest BCUT2D eigenvalue weighted by Crippen LogP contribution is -2.09. The average molecular weight is 335 g/mol. The number of aryl methyl sites for hydroxylation is 2.